The van der Waals surface area contributed by atoms with Gasteiger partial charge >= 0.3 is 0 Å². The first-order valence-electron chi connectivity index (χ1n) is 2.77. The largest absolute Gasteiger partial charge is 0.278 e. The standard InChI is InChI=1S/C7H13NO/c1-7(2)5-6-8(3)9-4/h5-6H,1H2,2-4H3/b6-5-. The molecule has 0 atom stereocenters. The normalized spacial score (nSPS) is 10.1. The van der Waals surface area contributed by atoms with E-state index >= 15 is 0 Å². The van der Waals surface area contributed by atoms with Crippen LogP contribution in [0.25, 0.3) is 0 Å². The van der Waals surface area contributed by atoms with E-state index in [1.54, 1.807) is 12.2 Å². The average Bonchev–Trinajstić information content (AvgIpc) is 1.83. The van der Waals surface area contributed by atoms with Crippen molar-refractivity contribution in [3.63, 3.8) is 0 Å². The van der Waals surface area contributed by atoms with Gasteiger partial charge in [0.05, 0.1) is 7.11 Å². The van der Waals surface area contributed by atoms with Gasteiger partial charge in [0.2, 0.25) is 0 Å². The molecular weight excluding hydrogens is 114 g/mol. The van der Waals surface area contributed by atoms with Crippen molar-refractivity contribution in [1.29, 1.82) is 0 Å². The lowest BCUT2D eigenvalue weighted by Crippen LogP contribution is -2.06. The Morgan fingerprint density at radius 3 is 2.56 bits per heavy atom. The van der Waals surface area contributed by atoms with E-state index in [-0.39, 0.29) is 0 Å². The van der Waals surface area contributed by atoms with Crippen LogP contribution in [-0.4, -0.2) is 19.2 Å². The molecule has 0 aliphatic carbocycles. The second-order valence-electron chi connectivity index (χ2n) is 1.89. The molecule has 0 aliphatic heterocycles. The predicted molar refractivity (Wildman–Crippen MR) is 38.7 cm³/mol. The van der Waals surface area contributed by atoms with Crippen molar-refractivity contribution in [3.05, 3.63) is 24.4 Å². The Labute approximate surface area is 56.4 Å². The number of allylic oxidation sites excluding steroid dienone is 2. The van der Waals surface area contributed by atoms with Crippen molar-refractivity contribution >= 4 is 0 Å². The molecule has 0 saturated carbocycles. The molecule has 0 heterocycles. The van der Waals surface area contributed by atoms with Gasteiger partial charge in [-0.15, -0.1) is 0 Å². The fourth-order valence-electron chi connectivity index (χ4n) is 0.293. The summed E-state index contributed by atoms with van der Waals surface area (Å²) in [6.07, 6.45) is 3.69. The lowest BCUT2D eigenvalue weighted by molar-refractivity contribution is -0.0645. The number of hydrogen-bond acceptors (Lipinski definition) is 2. The van der Waals surface area contributed by atoms with Gasteiger partial charge in [-0.3, -0.25) is 9.90 Å². The van der Waals surface area contributed by atoms with Crippen LogP contribution in [0.4, 0.5) is 0 Å². The van der Waals surface area contributed by atoms with E-state index in [1.165, 1.54) is 0 Å². The lowest BCUT2D eigenvalue weighted by Gasteiger charge is -2.08. The summed E-state index contributed by atoms with van der Waals surface area (Å²) < 4.78 is 0. The third kappa shape index (κ3) is 5.11. The maximum absolute atomic E-state index is 4.81. The minimum absolute atomic E-state index is 1.01. The Morgan fingerprint density at radius 1 is 1.67 bits per heavy atom. The summed E-state index contributed by atoms with van der Waals surface area (Å²) in [6.45, 7) is 5.62. The zero-order valence-electron chi connectivity index (χ0n) is 6.22. The number of rotatable bonds is 3. The Kier molecular flexibility index (Phi) is 3.80. The molecule has 0 aliphatic rings. The molecule has 0 rings (SSSR count). The highest BCUT2D eigenvalue weighted by Gasteiger charge is 1.80. The van der Waals surface area contributed by atoms with Gasteiger partial charge in [-0.25, -0.2) is 0 Å². The molecule has 0 aromatic heterocycles. The smallest absolute Gasteiger partial charge is 0.0638 e. The molecule has 0 amide bonds. The molecule has 9 heavy (non-hydrogen) atoms. The third-order valence-corrected chi connectivity index (χ3v) is 0.857. The topological polar surface area (TPSA) is 12.5 Å². The molecule has 0 unspecified atom stereocenters. The van der Waals surface area contributed by atoms with Crippen LogP contribution in [0.5, 0.6) is 0 Å². The summed E-state index contributed by atoms with van der Waals surface area (Å²) in [4.78, 5) is 4.81. The van der Waals surface area contributed by atoms with E-state index in [1.807, 2.05) is 26.2 Å². The summed E-state index contributed by atoms with van der Waals surface area (Å²) in [5, 5.41) is 1.61. The number of hydroxylamine groups is 2. The second kappa shape index (κ2) is 4.15. The van der Waals surface area contributed by atoms with Crippen LogP contribution in [0.3, 0.4) is 0 Å². The van der Waals surface area contributed by atoms with Gasteiger partial charge in [-0.05, 0) is 13.0 Å². The van der Waals surface area contributed by atoms with Crippen LogP contribution in [0, 0.1) is 0 Å². The lowest BCUT2D eigenvalue weighted by atomic mass is 10.3. The van der Waals surface area contributed by atoms with Gasteiger partial charge in [0.15, 0.2) is 0 Å². The molecule has 0 N–H and O–H groups in total. The first kappa shape index (κ1) is 8.24. The van der Waals surface area contributed by atoms with Crippen molar-refractivity contribution in [2.45, 2.75) is 6.92 Å². The fraction of sp³-hybridized carbons (Fsp3) is 0.429. The van der Waals surface area contributed by atoms with Crippen LogP contribution in [0.15, 0.2) is 24.4 Å². The quantitative estimate of drug-likeness (QED) is 0.421. The number of nitrogens with zero attached hydrogens (tertiary/aromatic N) is 1. The Morgan fingerprint density at radius 2 is 2.22 bits per heavy atom. The average molecular weight is 127 g/mol. The van der Waals surface area contributed by atoms with Gasteiger partial charge in [0.25, 0.3) is 0 Å². The summed E-state index contributed by atoms with van der Waals surface area (Å²) in [7, 11) is 3.43. The van der Waals surface area contributed by atoms with Gasteiger partial charge in [0, 0.05) is 13.2 Å². The highest BCUT2D eigenvalue weighted by atomic mass is 16.7. The van der Waals surface area contributed by atoms with Crippen molar-refractivity contribution in [2.24, 2.45) is 0 Å². The molecule has 52 valence electrons. The Bertz CT molecular complexity index is 118. The van der Waals surface area contributed by atoms with E-state index < -0.39 is 0 Å². The minimum Gasteiger partial charge on any atom is -0.278 e. The van der Waals surface area contributed by atoms with Crippen molar-refractivity contribution in [3.8, 4) is 0 Å². The molecule has 0 saturated heterocycles. The highest BCUT2D eigenvalue weighted by Crippen LogP contribution is 1.90. The number of hydrogen-bond donors (Lipinski definition) is 0. The van der Waals surface area contributed by atoms with Gasteiger partial charge in [-0.1, -0.05) is 12.2 Å². The monoisotopic (exact) mass is 127 g/mol. The Balaban J connectivity index is 3.56. The zero-order chi connectivity index (χ0) is 7.28. The maximum Gasteiger partial charge on any atom is 0.0638 e. The molecule has 0 radical (unpaired) electrons. The molecule has 2 nitrogen and oxygen atoms in total. The van der Waals surface area contributed by atoms with Crippen LogP contribution in [-0.2, 0) is 4.84 Å². The summed E-state index contributed by atoms with van der Waals surface area (Å²) in [6, 6.07) is 0. The van der Waals surface area contributed by atoms with Crippen LogP contribution < -0.4 is 0 Å². The van der Waals surface area contributed by atoms with Gasteiger partial charge in [-0.2, -0.15) is 0 Å². The van der Waals surface area contributed by atoms with Crippen LogP contribution >= 0.6 is 0 Å². The first-order valence-corrected chi connectivity index (χ1v) is 2.77. The van der Waals surface area contributed by atoms with Crippen molar-refractivity contribution in [2.75, 3.05) is 14.2 Å². The second-order valence-corrected chi connectivity index (χ2v) is 1.89. The molecule has 0 aromatic carbocycles. The van der Waals surface area contributed by atoms with Crippen molar-refractivity contribution in [1.82, 2.24) is 5.06 Å². The van der Waals surface area contributed by atoms with E-state index in [9.17, 15) is 0 Å². The van der Waals surface area contributed by atoms with Crippen LogP contribution in [0.2, 0.25) is 0 Å². The predicted octanol–water partition coefficient (Wildman–Crippen LogP) is 1.57. The molecule has 0 spiro atoms. The van der Waals surface area contributed by atoms with Crippen LogP contribution in [0.1, 0.15) is 6.92 Å². The van der Waals surface area contributed by atoms with E-state index in [4.69, 9.17) is 4.84 Å². The molecule has 0 fully saturated rings. The summed E-state index contributed by atoms with van der Waals surface area (Å²) in [5.74, 6) is 0. The zero-order valence-corrected chi connectivity index (χ0v) is 6.22. The Hall–Kier alpha value is -0.760. The van der Waals surface area contributed by atoms with E-state index in [0.717, 1.165) is 5.57 Å². The first-order chi connectivity index (χ1) is 4.16. The fourth-order valence-corrected chi connectivity index (χ4v) is 0.293. The van der Waals surface area contributed by atoms with Crippen molar-refractivity contribution < 1.29 is 4.84 Å². The molecular formula is C7H13NO. The SMILES string of the molecule is C=C(C)/C=C\N(C)OC. The highest BCUT2D eigenvalue weighted by molar-refractivity contribution is 5.09. The molecule has 2 heteroatoms. The van der Waals surface area contributed by atoms with E-state index in [0.29, 0.717) is 0 Å². The third-order valence-electron chi connectivity index (χ3n) is 0.857. The summed E-state index contributed by atoms with van der Waals surface area (Å²) >= 11 is 0. The summed E-state index contributed by atoms with van der Waals surface area (Å²) in [5.41, 5.74) is 1.01. The molecule has 0 aromatic rings. The van der Waals surface area contributed by atoms with E-state index in [2.05, 4.69) is 6.58 Å². The maximum atomic E-state index is 4.81. The van der Waals surface area contributed by atoms with Gasteiger partial charge < -0.3 is 0 Å². The minimum atomic E-state index is 1.01. The molecule has 0 bridgehead atoms. The van der Waals surface area contributed by atoms with Gasteiger partial charge in [0.1, 0.15) is 0 Å².